The lowest BCUT2D eigenvalue weighted by Gasteiger charge is -2.18. The third-order valence-corrected chi connectivity index (χ3v) is 15.0. The lowest BCUT2D eigenvalue weighted by Crippen LogP contribution is -2.30. The van der Waals surface area contributed by atoms with E-state index in [1.807, 2.05) is 0 Å². The number of esters is 3. The summed E-state index contributed by atoms with van der Waals surface area (Å²) in [6, 6.07) is 0. The Kier molecular flexibility index (Phi) is 63.2. The van der Waals surface area contributed by atoms with E-state index < -0.39 is 6.10 Å². The molecule has 6 heteroatoms. The molecule has 0 aromatic carbocycles. The predicted molar refractivity (Wildman–Crippen MR) is 335 cm³/mol. The molecule has 0 saturated carbocycles. The molecule has 0 spiro atoms. The molecule has 448 valence electrons. The summed E-state index contributed by atoms with van der Waals surface area (Å²) in [7, 11) is 0. The maximum absolute atomic E-state index is 12.9. The molecule has 0 heterocycles. The van der Waals surface area contributed by atoms with Crippen LogP contribution in [0.2, 0.25) is 0 Å². The second-order valence-electron chi connectivity index (χ2n) is 22.7. The fourth-order valence-electron chi connectivity index (χ4n) is 9.84. The Balaban J connectivity index is 4.23. The van der Waals surface area contributed by atoms with E-state index in [0.29, 0.717) is 19.3 Å². The van der Waals surface area contributed by atoms with Crippen LogP contribution in [0.4, 0.5) is 0 Å². The van der Waals surface area contributed by atoms with Crippen LogP contribution in [0.5, 0.6) is 0 Å². The summed E-state index contributed by atoms with van der Waals surface area (Å²) in [6.45, 7) is 6.62. The first-order chi connectivity index (χ1) is 38.0. The summed E-state index contributed by atoms with van der Waals surface area (Å²) in [6.07, 6.45) is 83.8. The number of allylic oxidation sites excluding steroid dienone is 10. The third-order valence-electron chi connectivity index (χ3n) is 15.0. The van der Waals surface area contributed by atoms with Crippen LogP contribution in [0.15, 0.2) is 60.8 Å². The molecule has 0 aromatic rings. The topological polar surface area (TPSA) is 78.9 Å². The Morgan fingerprint density at radius 2 is 0.481 bits per heavy atom. The van der Waals surface area contributed by atoms with Crippen molar-refractivity contribution in [1.29, 1.82) is 0 Å². The molecule has 6 nitrogen and oxygen atoms in total. The van der Waals surface area contributed by atoms with Gasteiger partial charge in [-0.25, -0.2) is 0 Å². The summed E-state index contributed by atoms with van der Waals surface area (Å²) >= 11 is 0. The van der Waals surface area contributed by atoms with E-state index in [1.54, 1.807) is 0 Å². The van der Waals surface area contributed by atoms with Crippen molar-refractivity contribution in [3.63, 3.8) is 0 Å². The van der Waals surface area contributed by atoms with Crippen LogP contribution in [0.25, 0.3) is 0 Å². The molecule has 0 aliphatic rings. The zero-order valence-electron chi connectivity index (χ0n) is 51.5. The van der Waals surface area contributed by atoms with Gasteiger partial charge in [0.25, 0.3) is 0 Å². The van der Waals surface area contributed by atoms with E-state index in [9.17, 15) is 14.4 Å². The van der Waals surface area contributed by atoms with Gasteiger partial charge >= 0.3 is 17.9 Å². The Morgan fingerprint density at radius 3 is 0.766 bits per heavy atom. The van der Waals surface area contributed by atoms with Crippen molar-refractivity contribution in [3.8, 4) is 0 Å². The van der Waals surface area contributed by atoms with Gasteiger partial charge in [0.15, 0.2) is 6.10 Å². The first-order valence-corrected chi connectivity index (χ1v) is 33.8. The van der Waals surface area contributed by atoms with Crippen LogP contribution >= 0.6 is 0 Å². The molecule has 0 bridgehead atoms. The highest BCUT2D eigenvalue weighted by Crippen LogP contribution is 2.17. The van der Waals surface area contributed by atoms with Gasteiger partial charge in [-0.3, -0.25) is 14.4 Å². The summed E-state index contributed by atoms with van der Waals surface area (Å²) in [5, 5.41) is 0. The maximum Gasteiger partial charge on any atom is 0.306 e. The largest absolute Gasteiger partial charge is 0.462 e. The van der Waals surface area contributed by atoms with Gasteiger partial charge in [-0.1, -0.05) is 293 Å². The van der Waals surface area contributed by atoms with Gasteiger partial charge in [-0.15, -0.1) is 0 Å². The summed E-state index contributed by atoms with van der Waals surface area (Å²) in [5.41, 5.74) is 0. The van der Waals surface area contributed by atoms with Crippen LogP contribution in [0.1, 0.15) is 355 Å². The molecule has 0 fully saturated rings. The molecule has 0 saturated heterocycles. The van der Waals surface area contributed by atoms with E-state index >= 15 is 0 Å². The van der Waals surface area contributed by atoms with E-state index in [0.717, 1.165) is 77.0 Å². The average Bonchev–Trinajstić information content (AvgIpc) is 3.43. The fourth-order valence-corrected chi connectivity index (χ4v) is 9.84. The van der Waals surface area contributed by atoms with Gasteiger partial charge in [0.05, 0.1) is 0 Å². The van der Waals surface area contributed by atoms with Gasteiger partial charge in [-0.05, 0) is 103 Å². The summed E-state index contributed by atoms with van der Waals surface area (Å²) in [5.74, 6) is -0.870. The van der Waals surface area contributed by atoms with Gasteiger partial charge in [0, 0.05) is 19.3 Å². The lowest BCUT2D eigenvalue weighted by atomic mass is 10.0. The average molecular weight is 1080 g/mol. The summed E-state index contributed by atoms with van der Waals surface area (Å²) < 4.78 is 16.9. The van der Waals surface area contributed by atoms with Crippen LogP contribution in [0.3, 0.4) is 0 Å². The smallest absolute Gasteiger partial charge is 0.306 e. The van der Waals surface area contributed by atoms with Gasteiger partial charge in [-0.2, -0.15) is 0 Å². The minimum Gasteiger partial charge on any atom is -0.462 e. The minimum atomic E-state index is -0.779. The second kappa shape index (κ2) is 65.6. The van der Waals surface area contributed by atoms with Crippen LogP contribution in [-0.2, 0) is 28.6 Å². The zero-order valence-corrected chi connectivity index (χ0v) is 51.5. The Labute approximate surface area is 479 Å². The lowest BCUT2D eigenvalue weighted by molar-refractivity contribution is -0.167. The summed E-state index contributed by atoms with van der Waals surface area (Å²) in [4.78, 5) is 38.3. The maximum atomic E-state index is 12.9. The van der Waals surface area contributed by atoms with E-state index in [1.165, 1.54) is 238 Å². The Hall–Kier alpha value is -2.89. The second-order valence-corrected chi connectivity index (χ2v) is 22.7. The number of unbranched alkanes of at least 4 members (excludes halogenated alkanes) is 41. The van der Waals surface area contributed by atoms with Crippen molar-refractivity contribution in [2.24, 2.45) is 0 Å². The number of hydrogen-bond donors (Lipinski definition) is 0. The predicted octanol–water partition coefficient (Wildman–Crippen LogP) is 23.1. The highest BCUT2D eigenvalue weighted by Gasteiger charge is 2.19. The van der Waals surface area contributed by atoms with Gasteiger partial charge in [0.2, 0.25) is 0 Å². The molecule has 0 aliphatic heterocycles. The first kappa shape index (κ1) is 74.1. The van der Waals surface area contributed by atoms with E-state index in [-0.39, 0.29) is 31.1 Å². The zero-order chi connectivity index (χ0) is 55.7. The van der Waals surface area contributed by atoms with Crippen molar-refractivity contribution in [2.75, 3.05) is 13.2 Å². The fraction of sp³-hybridized carbons (Fsp3) is 0.817. The number of carbonyl (C=O) groups is 3. The molecule has 1 unspecified atom stereocenters. The standard InChI is InChI=1S/C71H128O6/c1-4-7-10-13-16-19-22-24-26-28-30-32-34-35-37-38-40-42-44-46-49-52-55-58-61-64-70(73)76-67-68(66-75-69(72)63-60-57-54-51-48-21-18-15-12-9-6-3)77-71(74)65-62-59-56-53-50-47-45-43-41-39-36-33-31-29-27-25-23-20-17-14-11-8-5-2/h15,18,22-25,28-31,68H,4-14,16-17,19-21,26-27,32-67H2,1-3H3/b18-15-,24-22-,25-23-,30-28-,31-29-. The quantitative estimate of drug-likeness (QED) is 0.0261. The van der Waals surface area contributed by atoms with Crippen molar-refractivity contribution in [1.82, 2.24) is 0 Å². The van der Waals surface area contributed by atoms with Crippen molar-refractivity contribution >= 4 is 17.9 Å². The molecule has 77 heavy (non-hydrogen) atoms. The molecule has 0 aromatic heterocycles. The van der Waals surface area contributed by atoms with Crippen molar-refractivity contribution < 1.29 is 28.6 Å². The molecular weight excluding hydrogens is 949 g/mol. The SMILES string of the molecule is CCCC/C=C\CCCCCCCC(=O)OCC(COC(=O)CCCCCCCCCCCCCCC/C=C\C/C=C\CCCCCCC)OC(=O)CCCCCCCCCCCCC/C=C\C/C=C\CCCCCCC. The Morgan fingerprint density at radius 1 is 0.260 bits per heavy atom. The van der Waals surface area contributed by atoms with E-state index in [2.05, 4.69) is 81.5 Å². The van der Waals surface area contributed by atoms with Gasteiger partial charge in [0.1, 0.15) is 13.2 Å². The minimum absolute atomic E-state index is 0.0756. The monoisotopic (exact) mass is 1080 g/mol. The van der Waals surface area contributed by atoms with Crippen LogP contribution in [0, 0.1) is 0 Å². The van der Waals surface area contributed by atoms with E-state index in [4.69, 9.17) is 14.2 Å². The molecular formula is C71H128O6. The molecule has 1 atom stereocenters. The molecule has 0 radical (unpaired) electrons. The number of ether oxygens (including phenoxy) is 3. The molecule has 0 rings (SSSR count). The molecule has 0 N–H and O–H groups in total. The highest BCUT2D eigenvalue weighted by atomic mass is 16.6. The van der Waals surface area contributed by atoms with Crippen molar-refractivity contribution in [2.45, 2.75) is 361 Å². The van der Waals surface area contributed by atoms with Crippen molar-refractivity contribution in [3.05, 3.63) is 60.8 Å². The number of carbonyl (C=O) groups excluding carboxylic acids is 3. The third kappa shape index (κ3) is 63.8. The molecule has 0 aliphatic carbocycles. The highest BCUT2D eigenvalue weighted by molar-refractivity contribution is 5.71. The van der Waals surface area contributed by atoms with Gasteiger partial charge < -0.3 is 14.2 Å². The van der Waals surface area contributed by atoms with Crippen LogP contribution < -0.4 is 0 Å². The van der Waals surface area contributed by atoms with Crippen LogP contribution in [-0.4, -0.2) is 37.2 Å². The normalized spacial score (nSPS) is 12.4. The number of rotatable bonds is 62. The molecule has 0 amide bonds. The first-order valence-electron chi connectivity index (χ1n) is 33.8. The number of hydrogen-bond acceptors (Lipinski definition) is 6. The Bertz CT molecular complexity index is 1380.